The first-order valence-electron chi connectivity index (χ1n) is 6.91. The molecule has 0 aliphatic heterocycles. The molecule has 2 aromatic rings. The van der Waals surface area contributed by atoms with Gasteiger partial charge in [0.15, 0.2) is 0 Å². The summed E-state index contributed by atoms with van der Waals surface area (Å²) in [5, 5.41) is 3.42. The third kappa shape index (κ3) is 4.45. The predicted octanol–water partition coefficient (Wildman–Crippen LogP) is 5.08. The van der Waals surface area contributed by atoms with E-state index in [1.165, 1.54) is 12.1 Å². The van der Waals surface area contributed by atoms with Crippen LogP contribution in [-0.4, -0.2) is 6.04 Å². The zero-order valence-corrected chi connectivity index (χ0v) is 13.2. The number of rotatable bonds is 5. The molecule has 0 saturated heterocycles. The van der Waals surface area contributed by atoms with Crippen molar-refractivity contribution in [2.24, 2.45) is 0 Å². The molecule has 0 aromatic heterocycles. The minimum Gasteiger partial charge on any atom is -0.457 e. The highest BCUT2D eigenvalue weighted by atomic mass is 35.5. The summed E-state index contributed by atoms with van der Waals surface area (Å²) >= 11 is 5.77. The second-order valence-corrected chi connectivity index (χ2v) is 5.72. The highest BCUT2D eigenvalue weighted by molar-refractivity contribution is 6.30. The van der Waals surface area contributed by atoms with Crippen molar-refractivity contribution < 1.29 is 9.13 Å². The summed E-state index contributed by atoms with van der Waals surface area (Å²) in [5.74, 6) is 0.829. The molecule has 0 aliphatic carbocycles. The minimum absolute atomic E-state index is 0.0581. The van der Waals surface area contributed by atoms with E-state index in [0.717, 1.165) is 23.4 Å². The molecule has 0 spiro atoms. The van der Waals surface area contributed by atoms with Gasteiger partial charge in [-0.3, -0.25) is 0 Å². The van der Waals surface area contributed by atoms with Crippen LogP contribution in [0.1, 0.15) is 25.0 Å². The van der Waals surface area contributed by atoms with E-state index in [9.17, 15) is 4.39 Å². The van der Waals surface area contributed by atoms with Gasteiger partial charge in [0.05, 0.1) is 5.02 Å². The molecule has 2 rings (SSSR count). The lowest BCUT2D eigenvalue weighted by molar-refractivity contribution is 0.475. The molecular weight excluding hydrogens is 289 g/mol. The molecule has 0 bridgehead atoms. The molecule has 0 amide bonds. The lowest BCUT2D eigenvalue weighted by atomic mass is 10.1. The SMILES string of the molecule is Cc1ccc(CNC(C)C)cc1Oc1ccc(F)c(Cl)c1. The Kier molecular flexibility index (Phi) is 5.21. The van der Waals surface area contributed by atoms with Crippen LogP contribution in [0.4, 0.5) is 4.39 Å². The van der Waals surface area contributed by atoms with Crippen LogP contribution in [0.2, 0.25) is 5.02 Å². The topological polar surface area (TPSA) is 21.3 Å². The van der Waals surface area contributed by atoms with Crippen molar-refractivity contribution in [3.8, 4) is 11.5 Å². The Morgan fingerprint density at radius 3 is 2.62 bits per heavy atom. The minimum atomic E-state index is -0.448. The molecule has 2 aromatic carbocycles. The van der Waals surface area contributed by atoms with Crippen LogP contribution < -0.4 is 10.1 Å². The molecule has 0 atom stereocenters. The third-order valence-corrected chi connectivity index (χ3v) is 3.38. The molecule has 0 saturated carbocycles. The van der Waals surface area contributed by atoms with Gasteiger partial charge in [0.25, 0.3) is 0 Å². The normalized spacial score (nSPS) is 11.0. The lowest BCUT2D eigenvalue weighted by Crippen LogP contribution is -2.21. The predicted molar refractivity (Wildman–Crippen MR) is 84.6 cm³/mol. The van der Waals surface area contributed by atoms with Crippen LogP contribution in [0.15, 0.2) is 36.4 Å². The molecule has 0 aliphatic rings. The van der Waals surface area contributed by atoms with Crippen LogP contribution >= 0.6 is 11.6 Å². The molecule has 21 heavy (non-hydrogen) atoms. The number of hydrogen-bond donors (Lipinski definition) is 1. The molecule has 0 radical (unpaired) electrons. The van der Waals surface area contributed by atoms with Crippen molar-refractivity contribution in [3.63, 3.8) is 0 Å². The quantitative estimate of drug-likeness (QED) is 0.832. The van der Waals surface area contributed by atoms with E-state index in [4.69, 9.17) is 16.3 Å². The first-order valence-corrected chi connectivity index (χ1v) is 7.29. The van der Waals surface area contributed by atoms with E-state index >= 15 is 0 Å². The molecule has 0 unspecified atom stereocenters. The zero-order chi connectivity index (χ0) is 15.4. The van der Waals surface area contributed by atoms with Crippen molar-refractivity contribution in [3.05, 3.63) is 58.4 Å². The van der Waals surface area contributed by atoms with E-state index in [-0.39, 0.29) is 5.02 Å². The van der Waals surface area contributed by atoms with Crippen molar-refractivity contribution in [1.29, 1.82) is 0 Å². The first-order chi connectivity index (χ1) is 9.95. The maximum Gasteiger partial charge on any atom is 0.142 e. The molecule has 4 heteroatoms. The Morgan fingerprint density at radius 1 is 1.19 bits per heavy atom. The van der Waals surface area contributed by atoms with Crippen molar-refractivity contribution in [2.45, 2.75) is 33.4 Å². The lowest BCUT2D eigenvalue weighted by Gasteiger charge is -2.13. The first kappa shape index (κ1) is 15.8. The highest BCUT2D eigenvalue weighted by Crippen LogP contribution is 2.29. The fourth-order valence-electron chi connectivity index (χ4n) is 1.85. The fraction of sp³-hybridized carbons (Fsp3) is 0.294. The number of ether oxygens (including phenoxy) is 1. The van der Waals surface area contributed by atoms with Gasteiger partial charge in [0.2, 0.25) is 0 Å². The van der Waals surface area contributed by atoms with Crippen LogP contribution in [-0.2, 0) is 6.54 Å². The summed E-state index contributed by atoms with van der Waals surface area (Å²) in [5.41, 5.74) is 2.15. The number of aryl methyl sites for hydroxylation is 1. The molecule has 0 heterocycles. The fourth-order valence-corrected chi connectivity index (χ4v) is 2.02. The van der Waals surface area contributed by atoms with Crippen LogP contribution in [0.5, 0.6) is 11.5 Å². The summed E-state index contributed by atoms with van der Waals surface area (Å²) < 4.78 is 19.0. The second-order valence-electron chi connectivity index (χ2n) is 5.31. The molecule has 112 valence electrons. The Morgan fingerprint density at radius 2 is 1.95 bits per heavy atom. The molecular formula is C17H19ClFNO. The highest BCUT2D eigenvalue weighted by Gasteiger charge is 2.06. The third-order valence-electron chi connectivity index (χ3n) is 3.09. The Balaban J connectivity index is 2.18. The van der Waals surface area contributed by atoms with E-state index in [2.05, 4.69) is 25.2 Å². The molecule has 0 fully saturated rings. The summed E-state index contributed by atoms with van der Waals surface area (Å²) in [7, 11) is 0. The maximum atomic E-state index is 13.2. The summed E-state index contributed by atoms with van der Waals surface area (Å²) in [6.07, 6.45) is 0. The summed E-state index contributed by atoms with van der Waals surface area (Å²) in [4.78, 5) is 0. The average molecular weight is 308 g/mol. The van der Waals surface area contributed by atoms with E-state index in [0.29, 0.717) is 11.8 Å². The van der Waals surface area contributed by atoms with E-state index in [1.54, 1.807) is 6.07 Å². The number of hydrogen-bond acceptors (Lipinski definition) is 2. The van der Waals surface area contributed by atoms with Gasteiger partial charge in [-0.2, -0.15) is 0 Å². The number of halogens is 2. The average Bonchev–Trinajstić information content (AvgIpc) is 2.43. The zero-order valence-electron chi connectivity index (χ0n) is 12.4. The van der Waals surface area contributed by atoms with Crippen molar-refractivity contribution in [1.82, 2.24) is 5.32 Å². The second kappa shape index (κ2) is 6.92. The van der Waals surface area contributed by atoms with E-state index < -0.39 is 5.82 Å². The largest absolute Gasteiger partial charge is 0.457 e. The monoisotopic (exact) mass is 307 g/mol. The number of benzene rings is 2. The van der Waals surface area contributed by atoms with Gasteiger partial charge >= 0.3 is 0 Å². The standard InChI is InChI=1S/C17H19ClFNO/c1-11(2)20-10-13-5-4-12(3)17(8-13)21-14-6-7-16(19)15(18)9-14/h4-9,11,20H,10H2,1-3H3. The smallest absolute Gasteiger partial charge is 0.142 e. The maximum absolute atomic E-state index is 13.2. The Labute approximate surface area is 129 Å². The van der Waals surface area contributed by atoms with Crippen molar-refractivity contribution >= 4 is 11.6 Å². The van der Waals surface area contributed by atoms with Crippen molar-refractivity contribution in [2.75, 3.05) is 0 Å². The van der Waals surface area contributed by atoms with Crippen LogP contribution in [0.3, 0.4) is 0 Å². The van der Waals surface area contributed by atoms with Gasteiger partial charge in [-0.15, -0.1) is 0 Å². The summed E-state index contributed by atoms with van der Waals surface area (Å²) in [6, 6.07) is 10.8. The van der Waals surface area contributed by atoms with E-state index in [1.807, 2.05) is 19.1 Å². The Hall–Kier alpha value is -1.58. The van der Waals surface area contributed by atoms with Gasteiger partial charge in [-0.1, -0.05) is 37.6 Å². The van der Waals surface area contributed by atoms with Gasteiger partial charge in [0, 0.05) is 18.7 Å². The van der Waals surface area contributed by atoms with Gasteiger partial charge in [0.1, 0.15) is 17.3 Å². The molecule has 2 nitrogen and oxygen atoms in total. The Bertz CT molecular complexity index is 628. The van der Waals surface area contributed by atoms with Gasteiger partial charge in [-0.05, 0) is 36.2 Å². The number of nitrogens with one attached hydrogen (secondary N) is 1. The van der Waals surface area contributed by atoms with Crippen LogP contribution in [0.25, 0.3) is 0 Å². The van der Waals surface area contributed by atoms with Gasteiger partial charge in [-0.25, -0.2) is 4.39 Å². The summed E-state index contributed by atoms with van der Waals surface area (Å²) in [6.45, 7) is 6.96. The molecule has 1 N–H and O–H groups in total. The van der Waals surface area contributed by atoms with Crippen LogP contribution in [0, 0.1) is 12.7 Å². The van der Waals surface area contributed by atoms with Gasteiger partial charge < -0.3 is 10.1 Å².